The number of carbonyl (C=O) groups excluding carboxylic acids is 3. The second-order valence-corrected chi connectivity index (χ2v) is 7.47. The van der Waals surface area contributed by atoms with Crippen LogP contribution >= 0.6 is 15.9 Å². The van der Waals surface area contributed by atoms with Gasteiger partial charge in [0, 0.05) is 30.0 Å². The van der Waals surface area contributed by atoms with Crippen LogP contribution in [0.5, 0.6) is 11.5 Å². The fourth-order valence-corrected chi connectivity index (χ4v) is 3.48. The van der Waals surface area contributed by atoms with Crippen molar-refractivity contribution in [1.29, 1.82) is 0 Å². The zero-order valence-corrected chi connectivity index (χ0v) is 17.7. The quantitative estimate of drug-likeness (QED) is 0.611. The van der Waals surface area contributed by atoms with E-state index in [0.29, 0.717) is 35.6 Å². The number of halogens is 1. The second kappa shape index (κ2) is 9.09. The minimum atomic E-state index is -0.324. The molecule has 3 amide bonds. The number of amides is 3. The molecular formula is C21H21BrN2O5. The predicted molar refractivity (Wildman–Crippen MR) is 110 cm³/mol. The van der Waals surface area contributed by atoms with Gasteiger partial charge in [0.2, 0.25) is 5.91 Å². The molecule has 29 heavy (non-hydrogen) atoms. The number of fused-ring (bicyclic) bond motifs is 1. The fourth-order valence-electron chi connectivity index (χ4n) is 3.12. The molecule has 0 radical (unpaired) electrons. The first-order valence-corrected chi connectivity index (χ1v) is 9.86. The van der Waals surface area contributed by atoms with Crippen LogP contribution in [0.25, 0.3) is 0 Å². The molecule has 1 aliphatic heterocycles. The SMILES string of the molecule is COc1cc(CNC(=O)CCCN2C(=O)c3ccc(Br)cc3C2=O)cc(OC)c1. The summed E-state index contributed by atoms with van der Waals surface area (Å²) < 4.78 is 11.2. The Labute approximate surface area is 177 Å². The monoisotopic (exact) mass is 460 g/mol. The summed E-state index contributed by atoms with van der Waals surface area (Å²) in [7, 11) is 3.13. The van der Waals surface area contributed by atoms with Crippen molar-refractivity contribution in [1.82, 2.24) is 10.2 Å². The molecule has 1 heterocycles. The van der Waals surface area contributed by atoms with Gasteiger partial charge in [0.15, 0.2) is 0 Å². The Hall–Kier alpha value is -2.87. The van der Waals surface area contributed by atoms with Crippen LogP contribution in [0.1, 0.15) is 39.1 Å². The standard InChI is InChI=1S/C21H21BrN2O5/c1-28-15-8-13(9-16(11-15)29-2)12-23-19(25)4-3-7-24-20(26)17-6-5-14(22)10-18(17)21(24)27/h5-6,8-11H,3-4,7,12H2,1-2H3,(H,23,25). The molecule has 0 aromatic heterocycles. The Bertz CT molecular complexity index is 938. The van der Waals surface area contributed by atoms with Crippen LogP contribution < -0.4 is 14.8 Å². The van der Waals surface area contributed by atoms with Crippen molar-refractivity contribution in [2.75, 3.05) is 20.8 Å². The number of rotatable bonds is 8. The molecule has 8 heteroatoms. The van der Waals surface area contributed by atoms with Crippen molar-refractivity contribution in [3.8, 4) is 11.5 Å². The van der Waals surface area contributed by atoms with Gasteiger partial charge in [-0.3, -0.25) is 19.3 Å². The number of benzene rings is 2. The van der Waals surface area contributed by atoms with Gasteiger partial charge in [-0.2, -0.15) is 0 Å². The molecule has 7 nitrogen and oxygen atoms in total. The van der Waals surface area contributed by atoms with Crippen LogP contribution in [0.15, 0.2) is 40.9 Å². The van der Waals surface area contributed by atoms with Crippen molar-refractivity contribution >= 4 is 33.7 Å². The highest BCUT2D eigenvalue weighted by Gasteiger charge is 2.35. The van der Waals surface area contributed by atoms with Gasteiger partial charge in [-0.15, -0.1) is 0 Å². The van der Waals surface area contributed by atoms with Gasteiger partial charge in [0.05, 0.1) is 25.3 Å². The van der Waals surface area contributed by atoms with Gasteiger partial charge < -0.3 is 14.8 Å². The zero-order chi connectivity index (χ0) is 21.0. The summed E-state index contributed by atoms with van der Waals surface area (Å²) in [6.45, 7) is 0.526. The number of hydrogen-bond donors (Lipinski definition) is 1. The zero-order valence-electron chi connectivity index (χ0n) is 16.2. The molecule has 0 atom stereocenters. The van der Waals surface area contributed by atoms with E-state index in [0.717, 1.165) is 10.0 Å². The van der Waals surface area contributed by atoms with E-state index in [4.69, 9.17) is 9.47 Å². The summed E-state index contributed by atoms with van der Waals surface area (Å²) in [5, 5.41) is 2.83. The maximum absolute atomic E-state index is 12.4. The average Bonchev–Trinajstić information content (AvgIpc) is 2.96. The third-order valence-corrected chi connectivity index (χ3v) is 5.11. The molecule has 2 aromatic carbocycles. The van der Waals surface area contributed by atoms with E-state index in [-0.39, 0.29) is 30.7 Å². The second-order valence-electron chi connectivity index (χ2n) is 6.55. The number of methoxy groups -OCH3 is 2. The maximum atomic E-state index is 12.4. The molecule has 1 aliphatic rings. The summed E-state index contributed by atoms with van der Waals surface area (Å²) in [5.41, 5.74) is 1.64. The molecule has 0 bridgehead atoms. The predicted octanol–water partition coefficient (Wildman–Crippen LogP) is 3.16. The first-order valence-electron chi connectivity index (χ1n) is 9.07. The van der Waals surface area contributed by atoms with Crippen molar-refractivity contribution in [3.63, 3.8) is 0 Å². The molecule has 1 N–H and O–H groups in total. The normalized spacial score (nSPS) is 12.7. The van der Waals surface area contributed by atoms with E-state index in [9.17, 15) is 14.4 Å². The van der Waals surface area contributed by atoms with E-state index < -0.39 is 0 Å². The van der Waals surface area contributed by atoms with Crippen LogP contribution in [-0.4, -0.2) is 43.4 Å². The number of imide groups is 1. The number of nitrogens with zero attached hydrogens (tertiary/aromatic N) is 1. The summed E-state index contributed by atoms with van der Waals surface area (Å²) in [4.78, 5) is 38.2. The summed E-state index contributed by atoms with van der Waals surface area (Å²) in [5.74, 6) is 0.486. The summed E-state index contributed by atoms with van der Waals surface area (Å²) >= 11 is 3.31. The topological polar surface area (TPSA) is 84.9 Å². The van der Waals surface area contributed by atoms with E-state index in [1.165, 1.54) is 4.90 Å². The van der Waals surface area contributed by atoms with Crippen molar-refractivity contribution in [2.45, 2.75) is 19.4 Å². The van der Waals surface area contributed by atoms with Crippen LogP contribution in [0.4, 0.5) is 0 Å². The molecule has 0 spiro atoms. The van der Waals surface area contributed by atoms with E-state index in [1.807, 2.05) is 12.1 Å². The average molecular weight is 461 g/mol. The lowest BCUT2D eigenvalue weighted by Gasteiger charge is -2.13. The number of carbonyl (C=O) groups is 3. The number of ether oxygens (including phenoxy) is 2. The lowest BCUT2D eigenvalue weighted by molar-refractivity contribution is -0.121. The molecule has 2 aromatic rings. The van der Waals surface area contributed by atoms with Gasteiger partial charge in [-0.1, -0.05) is 15.9 Å². The fraction of sp³-hybridized carbons (Fsp3) is 0.286. The molecular weight excluding hydrogens is 440 g/mol. The number of hydrogen-bond acceptors (Lipinski definition) is 5. The molecule has 3 rings (SSSR count). The molecule has 152 valence electrons. The van der Waals surface area contributed by atoms with Crippen molar-refractivity contribution in [3.05, 3.63) is 57.6 Å². The summed E-state index contributed by atoms with van der Waals surface area (Å²) in [6.07, 6.45) is 0.595. The molecule has 0 aliphatic carbocycles. The van der Waals surface area contributed by atoms with E-state index in [1.54, 1.807) is 38.5 Å². The first kappa shape index (κ1) is 20.9. The Morgan fingerprint density at radius 1 is 1.00 bits per heavy atom. The molecule has 0 saturated heterocycles. The van der Waals surface area contributed by atoms with Gasteiger partial charge in [0.25, 0.3) is 11.8 Å². The van der Waals surface area contributed by atoms with Crippen LogP contribution in [-0.2, 0) is 11.3 Å². The Morgan fingerprint density at radius 3 is 2.31 bits per heavy atom. The van der Waals surface area contributed by atoms with Gasteiger partial charge in [-0.25, -0.2) is 0 Å². The smallest absolute Gasteiger partial charge is 0.261 e. The molecule has 0 unspecified atom stereocenters. The van der Waals surface area contributed by atoms with Gasteiger partial charge in [-0.05, 0) is 42.3 Å². The Balaban J connectivity index is 1.50. The van der Waals surface area contributed by atoms with Crippen LogP contribution in [0.3, 0.4) is 0 Å². The maximum Gasteiger partial charge on any atom is 0.261 e. The molecule has 0 saturated carbocycles. The molecule has 0 fully saturated rings. The van der Waals surface area contributed by atoms with E-state index in [2.05, 4.69) is 21.2 Å². The Kier molecular flexibility index (Phi) is 6.53. The van der Waals surface area contributed by atoms with Crippen LogP contribution in [0, 0.1) is 0 Å². The Morgan fingerprint density at radius 2 is 1.66 bits per heavy atom. The highest BCUT2D eigenvalue weighted by molar-refractivity contribution is 9.10. The van der Waals surface area contributed by atoms with Gasteiger partial charge >= 0.3 is 0 Å². The third kappa shape index (κ3) is 4.76. The first-order chi connectivity index (χ1) is 13.9. The largest absolute Gasteiger partial charge is 0.497 e. The lowest BCUT2D eigenvalue weighted by atomic mass is 10.1. The lowest BCUT2D eigenvalue weighted by Crippen LogP contribution is -2.32. The third-order valence-electron chi connectivity index (χ3n) is 4.62. The highest BCUT2D eigenvalue weighted by Crippen LogP contribution is 2.26. The van der Waals surface area contributed by atoms with E-state index >= 15 is 0 Å². The van der Waals surface area contributed by atoms with Crippen molar-refractivity contribution < 1.29 is 23.9 Å². The summed E-state index contributed by atoms with van der Waals surface area (Å²) in [6, 6.07) is 10.4. The number of nitrogens with one attached hydrogen (secondary N) is 1. The minimum absolute atomic E-state index is 0.161. The highest BCUT2D eigenvalue weighted by atomic mass is 79.9. The van der Waals surface area contributed by atoms with Crippen molar-refractivity contribution in [2.24, 2.45) is 0 Å². The minimum Gasteiger partial charge on any atom is -0.497 e. The van der Waals surface area contributed by atoms with Gasteiger partial charge in [0.1, 0.15) is 11.5 Å². The van der Waals surface area contributed by atoms with Crippen LogP contribution in [0.2, 0.25) is 0 Å².